The molecule has 0 heterocycles. The van der Waals surface area contributed by atoms with Gasteiger partial charge in [0.25, 0.3) is 0 Å². The van der Waals surface area contributed by atoms with Gasteiger partial charge in [-0.2, -0.15) is 0 Å². The van der Waals surface area contributed by atoms with Gasteiger partial charge in [0.1, 0.15) is 12.4 Å². The third kappa shape index (κ3) is 14.2. The molecule has 0 fully saturated rings. The van der Waals surface area contributed by atoms with Crippen LogP contribution < -0.4 is 10.1 Å². The highest BCUT2D eigenvalue weighted by Gasteiger charge is 2.07. The first kappa shape index (κ1) is 22.6. The van der Waals surface area contributed by atoms with Crippen LogP contribution in [0.15, 0.2) is 24.3 Å². The first-order valence-electron chi connectivity index (χ1n) is 7.29. The van der Waals surface area contributed by atoms with Gasteiger partial charge < -0.3 is 25.0 Å². The number of hydrogen-bond acceptors (Lipinski definition) is 5. The Morgan fingerprint density at radius 2 is 1.58 bits per heavy atom. The van der Waals surface area contributed by atoms with Gasteiger partial charge in [-0.3, -0.25) is 0 Å². The third-order valence-electron chi connectivity index (χ3n) is 2.39. The molecule has 0 radical (unpaired) electrons. The first-order chi connectivity index (χ1) is 11.1. The van der Waals surface area contributed by atoms with E-state index in [2.05, 4.69) is 48.7 Å². The molecule has 0 saturated carbocycles. The SMILES string of the molecule is CC(C)(C)NCCOCCOc1ccc(I)cc1.O=C(O)C(=O)O. The highest BCUT2D eigenvalue weighted by molar-refractivity contribution is 14.1. The predicted octanol–water partition coefficient (Wildman–Crippen LogP) is 2.23. The van der Waals surface area contributed by atoms with Gasteiger partial charge in [0, 0.05) is 15.7 Å². The number of nitrogens with one attached hydrogen (secondary N) is 1. The standard InChI is InChI=1S/C14H22INO2.C2H2O4/c1-14(2,3)16-8-9-17-10-11-18-13-6-4-12(15)5-7-13;3-1(4)2(5)6/h4-7,16H,8-11H2,1-3H3;(H,3,4)(H,5,6). The molecule has 0 aliphatic rings. The van der Waals surface area contributed by atoms with Gasteiger partial charge in [-0.1, -0.05) is 0 Å². The summed E-state index contributed by atoms with van der Waals surface area (Å²) in [5.41, 5.74) is 0.154. The van der Waals surface area contributed by atoms with Crippen LogP contribution in [0.3, 0.4) is 0 Å². The Morgan fingerprint density at radius 3 is 2.04 bits per heavy atom. The van der Waals surface area contributed by atoms with E-state index in [9.17, 15) is 0 Å². The van der Waals surface area contributed by atoms with Gasteiger partial charge in [0.15, 0.2) is 0 Å². The second-order valence-electron chi connectivity index (χ2n) is 5.70. The summed E-state index contributed by atoms with van der Waals surface area (Å²) in [4.78, 5) is 18.2. The molecular formula is C16H24INO6. The molecule has 1 aromatic rings. The van der Waals surface area contributed by atoms with Crippen molar-refractivity contribution < 1.29 is 29.3 Å². The molecule has 24 heavy (non-hydrogen) atoms. The van der Waals surface area contributed by atoms with Gasteiger partial charge in [-0.25, -0.2) is 9.59 Å². The summed E-state index contributed by atoms with van der Waals surface area (Å²) < 4.78 is 12.3. The van der Waals surface area contributed by atoms with Crippen LogP contribution in [0.5, 0.6) is 5.75 Å². The van der Waals surface area contributed by atoms with Crippen LogP contribution in [-0.2, 0) is 14.3 Å². The lowest BCUT2D eigenvalue weighted by atomic mass is 10.1. The van der Waals surface area contributed by atoms with E-state index in [1.54, 1.807) is 0 Å². The van der Waals surface area contributed by atoms with Crippen LogP contribution in [0.4, 0.5) is 0 Å². The molecule has 0 bridgehead atoms. The van der Waals surface area contributed by atoms with Crippen LogP contribution in [-0.4, -0.2) is 54.1 Å². The van der Waals surface area contributed by atoms with Crippen LogP contribution in [0, 0.1) is 3.57 Å². The van der Waals surface area contributed by atoms with Gasteiger partial charge >= 0.3 is 11.9 Å². The minimum absolute atomic E-state index is 0.154. The zero-order valence-electron chi connectivity index (χ0n) is 14.0. The number of carboxylic acid groups (broad SMARTS) is 2. The Kier molecular flexibility index (Phi) is 11.3. The number of carbonyl (C=O) groups is 2. The molecule has 7 nitrogen and oxygen atoms in total. The summed E-state index contributed by atoms with van der Waals surface area (Å²) in [6.45, 7) is 9.24. The largest absolute Gasteiger partial charge is 0.491 e. The van der Waals surface area contributed by atoms with E-state index in [-0.39, 0.29) is 5.54 Å². The first-order valence-corrected chi connectivity index (χ1v) is 8.37. The molecule has 0 aliphatic carbocycles. The summed E-state index contributed by atoms with van der Waals surface area (Å²) >= 11 is 2.28. The summed E-state index contributed by atoms with van der Waals surface area (Å²) in [5, 5.41) is 18.2. The summed E-state index contributed by atoms with van der Waals surface area (Å²) in [6.07, 6.45) is 0. The molecule has 1 rings (SSSR count). The van der Waals surface area contributed by atoms with E-state index < -0.39 is 11.9 Å². The Hall–Kier alpha value is -1.39. The Labute approximate surface area is 155 Å². The summed E-state index contributed by atoms with van der Waals surface area (Å²) in [6, 6.07) is 8.01. The number of ether oxygens (including phenoxy) is 2. The zero-order chi connectivity index (χ0) is 18.6. The molecular weight excluding hydrogens is 429 g/mol. The van der Waals surface area contributed by atoms with E-state index in [1.807, 2.05) is 24.3 Å². The van der Waals surface area contributed by atoms with Crippen molar-refractivity contribution in [2.45, 2.75) is 26.3 Å². The molecule has 3 N–H and O–H groups in total. The molecule has 0 spiro atoms. The number of benzene rings is 1. The van der Waals surface area contributed by atoms with Crippen molar-refractivity contribution in [3.05, 3.63) is 27.8 Å². The fourth-order valence-corrected chi connectivity index (χ4v) is 1.71. The van der Waals surface area contributed by atoms with Crippen LogP contribution in [0.1, 0.15) is 20.8 Å². The maximum atomic E-state index is 9.10. The van der Waals surface area contributed by atoms with E-state index in [0.29, 0.717) is 19.8 Å². The second-order valence-corrected chi connectivity index (χ2v) is 6.95. The van der Waals surface area contributed by atoms with E-state index >= 15 is 0 Å². The van der Waals surface area contributed by atoms with E-state index in [0.717, 1.165) is 12.3 Å². The molecule has 0 aromatic heterocycles. The summed E-state index contributed by atoms with van der Waals surface area (Å²) in [7, 11) is 0. The maximum Gasteiger partial charge on any atom is 0.414 e. The molecule has 0 amide bonds. The quantitative estimate of drug-likeness (QED) is 0.331. The predicted molar refractivity (Wildman–Crippen MR) is 98.5 cm³/mol. The van der Waals surface area contributed by atoms with Crippen molar-refractivity contribution in [2.75, 3.05) is 26.4 Å². The van der Waals surface area contributed by atoms with Gasteiger partial charge in [-0.15, -0.1) is 0 Å². The normalized spacial score (nSPS) is 10.5. The minimum atomic E-state index is -1.82. The molecule has 136 valence electrons. The average molecular weight is 453 g/mol. The number of halogens is 1. The van der Waals surface area contributed by atoms with Crippen molar-refractivity contribution in [1.82, 2.24) is 5.32 Å². The molecule has 1 aromatic carbocycles. The Morgan fingerprint density at radius 1 is 1.04 bits per heavy atom. The fraction of sp³-hybridized carbons (Fsp3) is 0.500. The van der Waals surface area contributed by atoms with E-state index in [1.165, 1.54) is 3.57 Å². The number of hydrogen-bond donors (Lipinski definition) is 3. The van der Waals surface area contributed by atoms with Crippen LogP contribution in [0.25, 0.3) is 0 Å². The lowest BCUT2D eigenvalue weighted by Gasteiger charge is -2.20. The van der Waals surface area contributed by atoms with Crippen LogP contribution in [0.2, 0.25) is 0 Å². The number of aliphatic carboxylic acids is 2. The van der Waals surface area contributed by atoms with Gasteiger partial charge in [0.05, 0.1) is 13.2 Å². The molecule has 0 atom stereocenters. The van der Waals surface area contributed by atoms with Crippen LogP contribution >= 0.6 is 22.6 Å². The van der Waals surface area contributed by atoms with Crippen molar-refractivity contribution in [2.24, 2.45) is 0 Å². The Bertz CT molecular complexity index is 486. The highest BCUT2D eigenvalue weighted by atomic mass is 127. The molecule has 0 unspecified atom stereocenters. The van der Waals surface area contributed by atoms with Gasteiger partial charge in [0.2, 0.25) is 0 Å². The molecule has 0 aliphatic heterocycles. The Balaban J connectivity index is 0.000000754. The maximum absolute atomic E-state index is 9.10. The van der Waals surface area contributed by atoms with Crippen molar-refractivity contribution in [1.29, 1.82) is 0 Å². The summed E-state index contributed by atoms with van der Waals surface area (Å²) in [5.74, 6) is -2.75. The topological polar surface area (TPSA) is 105 Å². The number of carboxylic acids is 2. The smallest absolute Gasteiger partial charge is 0.414 e. The molecule has 8 heteroatoms. The number of rotatable bonds is 7. The lowest BCUT2D eigenvalue weighted by molar-refractivity contribution is -0.159. The van der Waals surface area contributed by atoms with Crippen molar-refractivity contribution >= 4 is 34.5 Å². The van der Waals surface area contributed by atoms with E-state index in [4.69, 9.17) is 29.3 Å². The van der Waals surface area contributed by atoms with Crippen molar-refractivity contribution in [3.8, 4) is 5.75 Å². The minimum Gasteiger partial charge on any atom is -0.491 e. The third-order valence-corrected chi connectivity index (χ3v) is 3.11. The molecule has 0 saturated heterocycles. The average Bonchev–Trinajstić information content (AvgIpc) is 2.47. The van der Waals surface area contributed by atoms with Crippen molar-refractivity contribution in [3.63, 3.8) is 0 Å². The lowest BCUT2D eigenvalue weighted by Crippen LogP contribution is -2.38. The second kappa shape index (κ2) is 12.0. The fourth-order valence-electron chi connectivity index (χ4n) is 1.35. The zero-order valence-corrected chi connectivity index (χ0v) is 16.2. The monoisotopic (exact) mass is 453 g/mol. The highest BCUT2D eigenvalue weighted by Crippen LogP contribution is 2.13. The van der Waals surface area contributed by atoms with Gasteiger partial charge in [-0.05, 0) is 67.6 Å².